The number of hydrogen-bond donors (Lipinski definition) is 1. The standard InChI is InChI=1S/C15H21N5O3/c1-10-15(11(2)17-16-10)19-7-5-18(6-8-19)14(23)9-20-12(21)3-4-13(20)22/h3-9H2,1-2H3,(H,16,17). The number of aryl methyl sites for hydroxylation is 2. The van der Waals surface area contributed by atoms with Crippen LogP contribution in [-0.2, 0) is 14.4 Å². The van der Waals surface area contributed by atoms with Gasteiger partial charge in [-0.15, -0.1) is 0 Å². The van der Waals surface area contributed by atoms with E-state index in [9.17, 15) is 14.4 Å². The van der Waals surface area contributed by atoms with Crippen LogP contribution in [0.1, 0.15) is 24.2 Å². The van der Waals surface area contributed by atoms with Gasteiger partial charge in [-0.1, -0.05) is 0 Å². The average molecular weight is 319 g/mol. The maximum atomic E-state index is 12.3. The topological polar surface area (TPSA) is 89.6 Å². The third-order valence-electron chi connectivity index (χ3n) is 4.49. The maximum Gasteiger partial charge on any atom is 0.242 e. The number of hydrogen-bond acceptors (Lipinski definition) is 5. The number of H-pyrrole nitrogens is 1. The third-order valence-corrected chi connectivity index (χ3v) is 4.49. The smallest absolute Gasteiger partial charge is 0.242 e. The second-order valence-electron chi connectivity index (χ2n) is 6.02. The van der Waals surface area contributed by atoms with Gasteiger partial charge >= 0.3 is 0 Å². The van der Waals surface area contributed by atoms with Crippen molar-refractivity contribution in [3.8, 4) is 0 Å². The Hall–Kier alpha value is -2.38. The Morgan fingerprint density at radius 1 is 1.09 bits per heavy atom. The van der Waals surface area contributed by atoms with Crippen LogP contribution in [0.15, 0.2) is 0 Å². The Morgan fingerprint density at radius 2 is 1.70 bits per heavy atom. The predicted octanol–water partition coefficient (Wildman–Crippen LogP) is -0.176. The first-order chi connectivity index (χ1) is 11.0. The van der Waals surface area contributed by atoms with Crippen LogP contribution in [0.3, 0.4) is 0 Å². The Balaban J connectivity index is 1.57. The third kappa shape index (κ3) is 2.93. The molecule has 8 nitrogen and oxygen atoms in total. The molecule has 3 heterocycles. The number of rotatable bonds is 3. The molecular formula is C15H21N5O3. The molecule has 3 amide bonds. The average Bonchev–Trinajstić information content (AvgIpc) is 3.03. The maximum absolute atomic E-state index is 12.3. The van der Waals surface area contributed by atoms with Crippen molar-refractivity contribution < 1.29 is 14.4 Å². The highest BCUT2D eigenvalue weighted by Gasteiger charge is 2.32. The van der Waals surface area contributed by atoms with E-state index in [-0.39, 0.29) is 37.1 Å². The minimum Gasteiger partial charge on any atom is -0.365 e. The molecule has 1 aromatic rings. The number of aromatic amines is 1. The summed E-state index contributed by atoms with van der Waals surface area (Å²) in [7, 11) is 0. The van der Waals surface area contributed by atoms with Crippen molar-refractivity contribution in [3.63, 3.8) is 0 Å². The minimum atomic E-state index is -0.244. The molecule has 3 rings (SSSR count). The summed E-state index contributed by atoms with van der Waals surface area (Å²) in [6, 6.07) is 0. The number of carbonyl (C=O) groups excluding carboxylic acids is 3. The number of carbonyl (C=O) groups is 3. The van der Waals surface area contributed by atoms with E-state index in [0.29, 0.717) is 13.1 Å². The lowest BCUT2D eigenvalue weighted by Gasteiger charge is -2.36. The zero-order chi connectivity index (χ0) is 16.6. The zero-order valence-electron chi connectivity index (χ0n) is 13.5. The largest absolute Gasteiger partial charge is 0.365 e. The molecule has 1 N–H and O–H groups in total. The van der Waals surface area contributed by atoms with Crippen LogP contribution in [0.25, 0.3) is 0 Å². The van der Waals surface area contributed by atoms with Gasteiger partial charge in [0.1, 0.15) is 6.54 Å². The Kier molecular flexibility index (Phi) is 4.06. The van der Waals surface area contributed by atoms with Crippen molar-refractivity contribution >= 4 is 23.4 Å². The van der Waals surface area contributed by atoms with E-state index in [1.807, 2.05) is 13.8 Å². The molecule has 0 aromatic carbocycles. The molecule has 1 aromatic heterocycles. The van der Waals surface area contributed by atoms with Gasteiger partial charge < -0.3 is 9.80 Å². The lowest BCUT2D eigenvalue weighted by atomic mass is 10.2. The fourth-order valence-corrected chi connectivity index (χ4v) is 3.22. The van der Waals surface area contributed by atoms with Crippen LogP contribution in [0.5, 0.6) is 0 Å². The van der Waals surface area contributed by atoms with Crippen LogP contribution >= 0.6 is 0 Å². The molecular weight excluding hydrogens is 298 g/mol. The van der Waals surface area contributed by atoms with E-state index >= 15 is 0 Å². The van der Waals surface area contributed by atoms with Gasteiger partial charge in [-0.25, -0.2) is 0 Å². The highest BCUT2D eigenvalue weighted by Crippen LogP contribution is 2.23. The van der Waals surface area contributed by atoms with Crippen LogP contribution in [0, 0.1) is 13.8 Å². The fraction of sp³-hybridized carbons (Fsp3) is 0.600. The first kappa shape index (κ1) is 15.5. The van der Waals surface area contributed by atoms with Crippen molar-refractivity contribution in [2.45, 2.75) is 26.7 Å². The summed E-state index contributed by atoms with van der Waals surface area (Å²) in [6.45, 7) is 6.42. The van der Waals surface area contributed by atoms with Gasteiger partial charge in [0.15, 0.2) is 0 Å². The molecule has 8 heteroatoms. The van der Waals surface area contributed by atoms with E-state index in [4.69, 9.17) is 0 Å². The summed E-state index contributed by atoms with van der Waals surface area (Å²) in [6.07, 6.45) is 0.442. The molecule has 2 aliphatic rings. The van der Waals surface area contributed by atoms with Gasteiger partial charge in [-0.2, -0.15) is 5.10 Å². The molecule has 0 aliphatic carbocycles. The lowest BCUT2D eigenvalue weighted by molar-refractivity contribution is -0.145. The van der Waals surface area contributed by atoms with Gasteiger partial charge in [-0.05, 0) is 13.8 Å². The number of nitrogens with one attached hydrogen (secondary N) is 1. The number of anilines is 1. The molecule has 2 aliphatic heterocycles. The SMILES string of the molecule is Cc1n[nH]c(C)c1N1CCN(C(=O)CN2C(=O)CCC2=O)CC1. The molecule has 23 heavy (non-hydrogen) atoms. The molecule has 0 unspecified atom stereocenters. The number of amides is 3. The number of nitrogens with zero attached hydrogens (tertiary/aromatic N) is 4. The van der Waals surface area contributed by atoms with Crippen LogP contribution in [0.2, 0.25) is 0 Å². The molecule has 0 bridgehead atoms. The van der Waals surface area contributed by atoms with Gasteiger partial charge in [-0.3, -0.25) is 24.4 Å². The van der Waals surface area contributed by atoms with Crippen LogP contribution in [-0.4, -0.2) is 70.4 Å². The van der Waals surface area contributed by atoms with Gasteiger partial charge in [0.25, 0.3) is 0 Å². The highest BCUT2D eigenvalue weighted by atomic mass is 16.2. The number of aromatic nitrogens is 2. The normalized spacial score (nSPS) is 19.0. The number of imide groups is 1. The van der Waals surface area contributed by atoms with Gasteiger partial charge in [0, 0.05) is 39.0 Å². The van der Waals surface area contributed by atoms with E-state index in [1.54, 1.807) is 4.90 Å². The van der Waals surface area contributed by atoms with Crippen LogP contribution in [0.4, 0.5) is 5.69 Å². The molecule has 0 radical (unpaired) electrons. The summed E-state index contributed by atoms with van der Waals surface area (Å²) in [4.78, 5) is 40.5. The second-order valence-corrected chi connectivity index (χ2v) is 6.02. The van der Waals surface area contributed by atoms with Crippen LogP contribution < -0.4 is 4.90 Å². The van der Waals surface area contributed by atoms with Gasteiger partial charge in [0.05, 0.1) is 17.1 Å². The van der Waals surface area contributed by atoms with E-state index < -0.39 is 0 Å². The summed E-state index contributed by atoms with van der Waals surface area (Å²) < 4.78 is 0. The number of likely N-dealkylation sites (tertiary alicyclic amines) is 1. The van der Waals surface area contributed by atoms with Crippen molar-refractivity contribution in [1.29, 1.82) is 0 Å². The summed E-state index contributed by atoms with van der Waals surface area (Å²) in [5.74, 6) is -0.646. The molecule has 0 saturated carbocycles. The monoisotopic (exact) mass is 319 g/mol. The Morgan fingerprint density at radius 3 is 2.22 bits per heavy atom. The zero-order valence-corrected chi connectivity index (χ0v) is 13.5. The number of piperazine rings is 1. The van der Waals surface area contributed by atoms with E-state index in [0.717, 1.165) is 35.1 Å². The fourth-order valence-electron chi connectivity index (χ4n) is 3.22. The predicted molar refractivity (Wildman–Crippen MR) is 82.8 cm³/mol. The molecule has 2 saturated heterocycles. The highest BCUT2D eigenvalue weighted by molar-refractivity contribution is 6.04. The van der Waals surface area contributed by atoms with Gasteiger partial charge in [0.2, 0.25) is 17.7 Å². The summed E-state index contributed by atoms with van der Waals surface area (Å²) in [5.41, 5.74) is 3.08. The van der Waals surface area contributed by atoms with Crippen molar-refractivity contribution in [2.75, 3.05) is 37.6 Å². The summed E-state index contributed by atoms with van der Waals surface area (Å²) in [5, 5.41) is 7.17. The lowest BCUT2D eigenvalue weighted by Crippen LogP contribution is -2.52. The van der Waals surface area contributed by atoms with Crippen molar-refractivity contribution in [2.24, 2.45) is 0 Å². The van der Waals surface area contributed by atoms with E-state index in [1.165, 1.54) is 0 Å². The Bertz CT molecular complexity index is 610. The molecule has 0 spiro atoms. The first-order valence-electron chi connectivity index (χ1n) is 7.85. The second kappa shape index (κ2) is 6.02. The quantitative estimate of drug-likeness (QED) is 0.781. The van der Waals surface area contributed by atoms with E-state index in [2.05, 4.69) is 15.1 Å². The molecule has 2 fully saturated rings. The first-order valence-corrected chi connectivity index (χ1v) is 7.85. The van der Waals surface area contributed by atoms with Crippen molar-refractivity contribution in [1.82, 2.24) is 20.0 Å². The summed E-state index contributed by atoms with van der Waals surface area (Å²) >= 11 is 0. The van der Waals surface area contributed by atoms with Crippen molar-refractivity contribution in [3.05, 3.63) is 11.4 Å². The Labute approximate surface area is 134 Å². The molecule has 124 valence electrons. The minimum absolute atomic E-state index is 0.124. The molecule has 0 atom stereocenters.